The summed E-state index contributed by atoms with van der Waals surface area (Å²) in [6.07, 6.45) is 4.03. The van der Waals surface area contributed by atoms with Crippen LogP contribution in [0.4, 0.5) is 0 Å². The third kappa shape index (κ3) is 2.77. The number of aliphatic carboxylic acids is 1. The molecule has 1 aromatic carbocycles. The molecule has 1 aromatic heterocycles. The number of nitrogens with zero attached hydrogens (tertiary/aromatic N) is 2. The first-order valence-electron chi connectivity index (χ1n) is 7.06. The van der Waals surface area contributed by atoms with Gasteiger partial charge in [-0.1, -0.05) is 12.1 Å². The van der Waals surface area contributed by atoms with Gasteiger partial charge in [-0.05, 0) is 30.5 Å². The Morgan fingerprint density at radius 3 is 3.14 bits per heavy atom. The standard InChI is InChI=1S/C16H18N2O3/c1-21-14-4-2-3-11(7-14)8-15-17-9-13-6-5-12(16(19)20)10-18(13)15/h2-4,7,9,12H,5-6,8,10H2,1H3,(H,19,20). The predicted molar refractivity (Wildman–Crippen MR) is 77.5 cm³/mol. The average Bonchev–Trinajstić information content (AvgIpc) is 2.90. The summed E-state index contributed by atoms with van der Waals surface area (Å²) >= 11 is 0. The molecule has 0 aliphatic carbocycles. The highest BCUT2D eigenvalue weighted by molar-refractivity contribution is 5.70. The van der Waals surface area contributed by atoms with Crippen molar-refractivity contribution in [1.29, 1.82) is 0 Å². The second-order valence-electron chi connectivity index (χ2n) is 5.38. The Labute approximate surface area is 123 Å². The zero-order valence-electron chi connectivity index (χ0n) is 12.0. The SMILES string of the molecule is COc1cccc(Cc2ncc3n2CC(C(=O)O)CC3)c1. The van der Waals surface area contributed by atoms with Crippen molar-refractivity contribution >= 4 is 5.97 Å². The van der Waals surface area contributed by atoms with Gasteiger partial charge in [0, 0.05) is 24.9 Å². The van der Waals surface area contributed by atoms with E-state index in [1.807, 2.05) is 30.5 Å². The van der Waals surface area contributed by atoms with Gasteiger partial charge in [-0.15, -0.1) is 0 Å². The molecule has 21 heavy (non-hydrogen) atoms. The zero-order valence-corrected chi connectivity index (χ0v) is 12.0. The van der Waals surface area contributed by atoms with Crippen molar-refractivity contribution in [3.8, 4) is 5.75 Å². The van der Waals surface area contributed by atoms with Crippen molar-refractivity contribution in [2.75, 3.05) is 7.11 Å². The summed E-state index contributed by atoms with van der Waals surface area (Å²) in [4.78, 5) is 15.7. The molecule has 1 aliphatic heterocycles. The lowest BCUT2D eigenvalue weighted by Gasteiger charge is -2.22. The predicted octanol–water partition coefficient (Wildman–Crippen LogP) is 2.13. The normalized spacial score (nSPS) is 17.3. The maximum atomic E-state index is 11.2. The van der Waals surface area contributed by atoms with Crippen LogP contribution in [0.3, 0.4) is 0 Å². The zero-order chi connectivity index (χ0) is 14.8. The lowest BCUT2D eigenvalue weighted by atomic mass is 9.98. The molecule has 0 saturated heterocycles. The van der Waals surface area contributed by atoms with Crippen molar-refractivity contribution in [3.05, 3.63) is 47.5 Å². The first-order chi connectivity index (χ1) is 10.2. The minimum absolute atomic E-state index is 0.309. The number of carboxylic acids is 1. The molecular weight excluding hydrogens is 268 g/mol. The summed E-state index contributed by atoms with van der Waals surface area (Å²) in [5.74, 6) is 0.711. The number of carbonyl (C=O) groups is 1. The van der Waals surface area contributed by atoms with E-state index in [2.05, 4.69) is 9.55 Å². The minimum atomic E-state index is -0.721. The van der Waals surface area contributed by atoms with Crippen LogP contribution in [0.25, 0.3) is 0 Å². The summed E-state index contributed by atoms with van der Waals surface area (Å²) in [6.45, 7) is 0.518. The van der Waals surface area contributed by atoms with Crippen LogP contribution >= 0.6 is 0 Å². The van der Waals surface area contributed by atoms with E-state index in [1.54, 1.807) is 7.11 Å². The van der Waals surface area contributed by atoms with Gasteiger partial charge in [0.05, 0.1) is 13.0 Å². The Balaban J connectivity index is 1.84. The number of carboxylic acid groups (broad SMARTS) is 1. The van der Waals surface area contributed by atoms with Crippen LogP contribution in [-0.4, -0.2) is 27.7 Å². The van der Waals surface area contributed by atoms with Crippen LogP contribution in [0.2, 0.25) is 0 Å². The molecule has 5 heteroatoms. The van der Waals surface area contributed by atoms with Crippen molar-refractivity contribution in [2.45, 2.75) is 25.8 Å². The van der Waals surface area contributed by atoms with Crippen LogP contribution in [0.15, 0.2) is 30.5 Å². The molecule has 110 valence electrons. The Kier molecular flexibility index (Phi) is 3.64. The summed E-state index contributed by atoms with van der Waals surface area (Å²) < 4.78 is 7.29. The summed E-state index contributed by atoms with van der Waals surface area (Å²) in [7, 11) is 1.65. The topological polar surface area (TPSA) is 64.4 Å². The van der Waals surface area contributed by atoms with Crippen molar-refractivity contribution in [3.63, 3.8) is 0 Å². The molecule has 2 aromatic rings. The van der Waals surface area contributed by atoms with Crippen molar-refractivity contribution in [1.82, 2.24) is 9.55 Å². The van der Waals surface area contributed by atoms with Gasteiger partial charge < -0.3 is 14.4 Å². The minimum Gasteiger partial charge on any atom is -0.497 e. The van der Waals surface area contributed by atoms with E-state index in [1.165, 1.54) is 0 Å². The second kappa shape index (κ2) is 5.60. The van der Waals surface area contributed by atoms with E-state index in [-0.39, 0.29) is 5.92 Å². The number of rotatable bonds is 4. The van der Waals surface area contributed by atoms with Gasteiger partial charge >= 0.3 is 5.97 Å². The van der Waals surface area contributed by atoms with E-state index < -0.39 is 5.97 Å². The van der Waals surface area contributed by atoms with Crippen LogP contribution in [0, 0.1) is 5.92 Å². The van der Waals surface area contributed by atoms with Gasteiger partial charge in [0.25, 0.3) is 0 Å². The average molecular weight is 286 g/mol. The van der Waals surface area contributed by atoms with Gasteiger partial charge in [0.2, 0.25) is 0 Å². The molecule has 1 unspecified atom stereocenters. The molecule has 0 saturated carbocycles. The highest BCUT2D eigenvalue weighted by Gasteiger charge is 2.26. The van der Waals surface area contributed by atoms with E-state index in [9.17, 15) is 9.90 Å². The van der Waals surface area contributed by atoms with Gasteiger partial charge in [-0.2, -0.15) is 0 Å². The lowest BCUT2D eigenvalue weighted by Crippen LogP contribution is -2.27. The molecule has 1 aliphatic rings. The third-order valence-electron chi connectivity index (χ3n) is 4.02. The van der Waals surface area contributed by atoms with Crippen molar-refractivity contribution in [2.24, 2.45) is 5.92 Å². The molecule has 0 amide bonds. The fourth-order valence-corrected chi connectivity index (χ4v) is 2.82. The number of methoxy groups -OCH3 is 1. The van der Waals surface area contributed by atoms with Crippen LogP contribution in [0.1, 0.15) is 23.5 Å². The van der Waals surface area contributed by atoms with Gasteiger partial charge in [0.15, 0.2) is 0 Å². The number of hydrogen-bond acceptors (Lipinski definition) is 3. The number of ether oxygens (including phenoxy) is 1. The Hall–Kier alpha value is -2.30. The number of imidazole rings is 1. The fourth-order valence-electron chi connectivity index (χ4n) is 2.82. The smallest absolute Gasteiger partial charge is 0.308 e. The van der Waals surface area contributed by atoms with Crippen LogP contribution in [-0.2, 0) is 24.2 Å². The molecule has 3 rings (SSSR count). The van der Waals surface area contributed by atoms with E-state index in [0.717, 1.165) is 29.3 Å². The van der Waals surface area contributed by atoms with Crippen LogP contribution < -0.4 is 4.74 Å². The maximum absolute atomic E-state index is 11.2. The molecular formula is C16H18N2O3. The Morgan fingerprint density at radius 2 is 2.38 bits per heavy atom. The Bertz CT molecular complexity index is 663. The molecule has 0 radical (unpaired) electrons. The second-order valence-corrected chi connectivity index (χ2v) is 5.38. The molecule has 1 N–H and O–H groups in total. The van der Waals surface area contributed by atoms with Gasteiger partial charge in [-0.3, -0.25) is 4.79 Å². The van der Waals surface area contributed by atoms with E-state index in [4.69, 9.17) is 4.74 Å². The third-order valence-corrected chi connectivity index (χ3v) is 4.02. The number of fused-ring (bicyclic) bond motifs is 1. The fraction of sp³-hybridized carbons (Fsp3) is 0.375. The largest absolute Gasteiger partial charge is 0.497 e. The monoisotopic (exact) mass is 286 g/mol. The molecule has 5 nitrogen and oxygen atoms in total. The first-order valence-corrected chi connectivity index (χ1v) is 7.06. The Morgan fingerprint density at radius 1 is 1.52 bits per heavy atom. The lowest BCUT2D eigenvalue weighted by molar-refractivity contribution is -0.142. The highest BCUT2D eigenvalue weighted by atomic mass is 16.5. The number of aromatic nitrogens is 2. The number of aryl methyl sites for hydroxylation is 1. The summed E-state index contributed by atoms with van der Waals surface area (Å²) in [5.41, 5.74) is 2.24. The van der Waals surface area contributed by atoms with Gasteiger partial charge in [0.1, 0.15) is 11.6 Å². The van der Waals surface area contributed by atoms with Crippen molar-refractivity contribution < 1.29 is 14.6 Å². The maximum Gasteiger partial charge on any atom is 0.308 e. The highest BCUT2D eigenvalue weighted by Crippen LogP contribution is 2.24. The van der Waals surface area contributed by atoms with E-state index in [0.29, 0.717) is 19.4 Å². The van der Waals surface area contributed by atoms with Gasteiger partial charge in [-0.25, -0.2) is 4.98 Å². The molecule has 1 atom stereocenters. The first kappa shape index (κ1) is 13.7. The summed E-state index contributed by atoms with van der Waals surface area (Å²) in [5, 5.41) is 9.20. The molecule has 0 bridgehead atoms. The molecule has 0 fully saturated rings. The molecule has 2 heterocycles. The number of hydrogen-bond donors (Lipinski definition) is 1. The molecule has 0 spiro atoms. The quantitative estimate of drug-likeness (QED) is 0.935. The number of benzene rings is 1. The van der Waals surface area contributed by atoms with E-state index >= 15 is 0 Å². The van der Waals surface area contributed by atoms with Crippen LogP contribution in [0.5, 0.6) is 5.75 Å². The summed E-state index contributed by atoms with van der Waals surface area (Å²) in [6, 6.07) is 7.88.